The van der Waals surface area contributed by atoms with Gasteiger partial charge in [0.25, 0.3) is 0 Å². The van der Waals surface area contributed by atoms with Crippen molar-refractivity contribution in [2.24, 2.45) is 9.98 Å². The topological polar surface area (TPSA) is 83.6 Å². The zero-order valence-corrected chi connectivity index (χ0v) is 28.9. The van der Waals surface area contributed by atoms with E-state index in [0.29, 0.717) is 47.2 Å². The number of ether oxygens (including phenoxy) is 2. The molecule has 0 aliphatic rings. The fourth-order valence-corrected chi connectivity index (χ4v) is 5.31. The summed E-state index contributed by atoms with van der Waals surface area (Å²) >= 11 is 4.42. The molecule has 3 aromatic carbocycles. The molecule has 0 saturated carbocycles. The molecular formula is C34H42I2N2O4. The Morgan fingerprint density at radius 2 is 1.00 bits per heavy atom. The van der Waals surface area contributed by atoms with Gasteiger partial charge in [-0.25, -0.2) is 0 Å². The van der Waals surface area contributed by atoms with Gasteiger partial charge in [0.05, 0.1) is 24.6 Å². The van der Waals surface area contributed by atoms with Crippen LogP contribution < -0.4 is 9.47 Å². The lowest BCUT2D eigenvalue weighted by Gasteiger charge is -2.15. The van der Waals surface area contributed by atoms with Gasteiger partial charge in [0.15, 0.2) is 11.5 Å². The number of rotatable bonds is 18. The number of hydrogen-bond donors (Lipinski definition) is 2. The van der Waals surface area contributed by atoms with Crippen LogP contribution in [-0.4, -0.2) is 35.9 Å². The van der Waals surface area contributed by atoms with Crippen molar-refractivity contribution in [2.75, 3.05) is 13.2 Å². The van der Waals surface area contributed by atoms with Gasteiger partial charge in [-0.2, -0.15) is 0 Å². The summed E-state index contributed by atoms with van der Waals surface area (Å²) in [7, 11) is 0. The van der Waals surface area contributed by atoms with Crippen LogP contribution in [0.5, 0.6) is 23.0 Å². The van der Waals surface area contributed by atoms with Crippen LogP contribution in [0.3, 0.4) is 0 Å². The Labute approximate surface area is 278 Å². The molecule has 0 aromatic heterocycles. The van der Waals surface area contributed by atoms with E-state index in [0.717, 1.165) is 32.8 Å². The monoisotopic (exact) mass is 796 g/mol. The predicted octanol–water partition coefficient (Wildman–Crippen LogP) is 10.5. The van der Waals surface area contributed by atoms with E-state index in [1.165, 1.54) is 38.5 Å². The molecule has 0 radical (unpaired) electrons. The van der Waals surface area contributed by atoms with Crippen LogP contribution in [0.1, 0.15) is 89.2 Å². The van der Waals surface area contributed by atoms with Gasteiger partial charge in [-0.1, -0.05) is 65.2 Å². The Bertz CT molecular complexity index is 1230. The second kappa shape index (κ2) is 19.0. The molecule has 0 atom stereocenters. The van der Waals surface area contributed by atoms with Crippen molar-refractivity contribution in [3.63, 3.8) is 0 Å². The number of halogens is 2. The van der Waals surface area contributed by atoms with E-state index in [1.807, 2.05) is 36.4 Å². The third-order valence-electron chi connectivity index (χ3n) is 6.72. The van der Waals surface area contributed by atoms with Crippen molar-refractivity contribution >= 4 is 69.0 Å². The summed E-state index contributed by atoms with van der Waals surface area (Å²) in [6.07, 6.45) is 14.7. The van der Waals surface area contributed by atoms with Gasteiger partial charge in [0.2, 0.25) is 0 Å². The van der Waals surface area contributed by atoms with Crippen molar-refractivity contribution in [1.82, 2.24) is 0 Å². The summed E-state index contributed by atoms with van der Waals surface area (Å²) in [5, 5.41) is 20.7. The van der Waals surface area contributed by atoms with E-state index in [4.69, 9.17) is 19.5 Å². The zero-order valence-electron chi connectivity index (χ0n) is 24.6. The van der Waals surface area contributed by atoms with Crippen LogP contribution in [0.15, 0.2) is 58.5 Å². The van der Waals surface area contributed by atoms with E-state index < -0.39 is 0 Å². The summed E-state index contributed by atoms with van der Waals surface area (Å²) in [6, 6.07) is 14.5. The molecule has 2 N–H and O–H groups in total. The molecule has 0 aliphatic carbocycles. The maximum absolute atomic E-state index is 10.4. The van der Waals surface area contributed by atoms with Crippen LogP contribution in [0.2, 0.25) is 0 Å². The molecule has 226 valence electrons. The van der Waals surface area contributed by atoms with Gasteiger partial charge in [0.1, 0.15) is 11.5 Å². The summed E-state index contributed by atoms with van der Waals surface area (Å²) in [5.41, 5.74) is 2.37. The number of phenols is 2. The first-order valence-electron chi connectivity index (χ1n) is 14.9. The summed E-state index contributed by atoms with van der Waals surface area (Å²) in [5.74, 6) is 1.57. The number of aliphatic imine (C=N–C) groups is 2. The highest BCUT2D eigenvalue weighted by Gasteiger charge is 2.13. The minimum Gasteiger partial charge on any atom is -0.507 e. The van der Waals surface area contributed by atoms with Crippen molar-refractivity contribution in [3.8, 4) is 23.0 Å². The molecule has 0 heterocycles. The molecule has 0 bridgehead atoms. The number of hydrogen-bond acceptors (Lipinski definition) is 6. The Kier molecular flexibility index (Phi) is 15.5. The lowest BCUT2D eigenvalue weighted by atomic mass is 10.1. The lowest BCUT2D eigenvalue weighted by molar-refractivity contribution is 0.258. The highest BCUT2D eigenvalue weighted by molar-refractivity contribution is 14.1. The van der Waals surface area contributed by atoms with Crippen molar-refractivity contribution in [2.45, 2.75) is 78.1 Å². The molecule has 0 amide bonds. The Hall–Kier alpha value is -2.34. The van der Waals surface area contributed by atoms with Crippen molar-refractivity contribution < 1.29 is 19.7 Å². The molecule has 42 heavy (non-hydrogen) atoms. The molecule has 3 rings (SSSR count). The lowest BCUT2D eigenvalue weighted by Crippen LogP contribution is -2.03. The molecule has 0 spiro atoms. The van der Waals surface area contributed by atoms with E-state index in [1.54, 1.807) is 24.6 Å². The number of phenolic OH excluding ortho intramolecular Hbond substituents is 2. The highest BCUT2D eigenvalue weighted by atomic mass is 127. The maximum Gasteiger partial charge on any atom is 0.163 e. The zero-order chi connectivity index (χ0) is 30.2. The fourth-order valence-electron chi connectivity index (χ4n) is 4.28. The first-order chi connectivity index (χ1) is 20.4. The SMILES string of the molecule is CCCCCCCOc1cc(N=Cc2cc(I)ccc2O)c(N=Cc2cc(I)ccc2O)cc1OCCCCCCC. The first-order valence-corrected chi connectivity index (χ1v) is 17.1. The van der Waals surface area contributed by atoms with Crippen molar-refractivity contribution in [1.29, 1.82) is 0 Å². The molecule has 0 aliphatic heterocycles. The molecule has 8 heteroatoms. The molecule has 3 aromatic rings. The molecule has 0 saturated heterocycles. The third kappa shape index (κ3) is 11.7. The quantitative estimate of drug-likeness (QED) is 0.0763. The van der Waals surface area contributed by atoms with Crippen LogP contribution in [0.25, 0.3) is 0 Å². The van der Waals surface area contributed by atoms with Gasteiger partial charge < -0.3 is 19.7 Å². The molecule has 0 fully saturated rings. The average Bonchev–Trinajstić information content (AvgIpc) is 2.98. The van der Waals surface area contributed by atoms with Crippen LogP contribution in [-0.2, 0) is 0 Å². The Morgan fingerprint density at radius 1 is 0.595 bits per heavy atom. The van der Waals surface area contributed by atoms with Gasteiger partial charge in [-0.15, -0.1) is 0 Å². The summed E-state index contributed by atoms with van der Waals surface area (Å²) in [4.78, 5) is 9.46. The first kappa shape index (κ1) is 34.2. The van der Waals surface area contributed by atoms with Gasteiger partial charge in [0, 0.05) is 42.8 Å². The summed E-state index contributed by atoms with van der Waals surface area (Å²) < 4.78 is 14.5. The standard InChI is InChI=1S/C34H42I2N2O4/c1-3-5-7-9-11-17-41-33-21-29(37-23-25-19-27(35)13-15-31(25)39)30(22-34(33)42-18-12-10-8-6-4-2)38-24-26-20-28(36)14-16-32(26)40/h13-16,19-24,39-40H,3-12,17-18H2,1-2H3. The number of benzene rings is 3. The van der Waals surface area contributed by atoms with Gasteiger partial charge in [-0.05, 0) is 94.4 Å². The maximum atomic E-state index is 10.4. The second-order valence-electron chi connectivity index (χ2n) is 10.2. The largest absolute Gasteiger partial charge is 0.507 e. The normalized spacial score (nSPS) is 11.5. The minimum absolute atomic E-state index is 0.152. The average molecular weight is 797 g/mol. The van der Waals surface area contributed by atoms with Crippen LogP contribution >= 0.6 is 45.2 Å². The number of unbranched alkanes of at least 4 members (excludes halogenated alkanes) is 8. The van der Waals surface area contributed by atoms with Crippen LogP contribution in [0, 0.1) is 7.14 Å². The number of nitrogens with zero attached hydrogens (tertiary/aromatic N) is 2. The van der Waals surface area contributed by atoms with Crippen molar-refractivity contribution in [3.05, 3.63) is 66.8 Å². The predicted molar refractivity (Wildman–Crippen MR) is 191 cm³/mol. The Morgan fingerprint density at radius 3 is 1.40 bits per heavy atom. The molecule has 0 unspecified atom stereocenters. The fraction of sp³-hybridized carbons (Fsp3) is 0.412. The minimum atomic E-state index is 0.152. The van der Waals surface area contributed by atoms with E-state index in [9.17, 15) is 10.2 Å². The summed E-state index contributed by atoms with van der Waals surface area (Å²) in [6.45, 7) is 5.61. The smallest absolute Gasteiger partial charge is 0.163 e. The molecule has 6 nitrogen and oxygen atoms in total. The van der Waals surface area contributed by atoms with E-state index in [2.05, 4.69) is 59.0 Å². The van der Waals surface area contributed by atoms with Gasteiger partial charge in [-0.3, -0.25) is 9.98 Å². The number of aromatic hydroxyl groups is 2. The second-order valence-corrected chi connectivity index (χ2v) is 12.7. The van der Waals surface area contributed by atoms with E-state index >= 15 is 0 Å². The molecular weight excluding hydrogens is 754 g/mol. The highest BCUT2D eigenvalue weighted by Crippen LogP contribution is 2.41. The Balaban J connectivity index is 1.96. The van der Waals surface area contributed by atoms with Crippen LogP contribution in [0.4, 0.5) is 11.4 Å². The van der Waals surface area contributed by atoms with E-state index in [-0.39, 0.29) is 11.5 Å². The van der Waals surface area contributed by atoms with Gasteiger partial charge >= 0.3 is 0 Å². The third-order valence-corrected chi connectivity index (χ3v) is 8.06.